The molecule has 21 heavy (non-hydrogen) atoms. The second-order valence-corrected chi connectivity index (χ2v) is 5.14. The van der Waals surface area contributed by atoms with E-state index in [4.69, 9.17) is 15.0 Å². The van der Waals surface area contributed by atoms with Gasteiger partial charge in [-0.3, -0.25) is 9.69 Å². The Labute approximate surface area is 126 Å². The number of benzene rings is 1. The molecule has 0 amide bonds. The summed E-state index contributed by atoms with van der Waals surface area (Å²) >= 11 is 0. The Hall–Kier alpha value is -1.43. The Morgan fingerprint density at radius 2 is 1.57 bits per heavy atom. The van der Waals surface area contributed by atoms with E-state index in [-0.39, 0.29) is 6.47 Å². The summed E-state index contributed by atoms with van der Waals surface area (Å²) in [7, 11) is 0. The van der Waals surface area contributed by atoms with Gasteiger partial charge in [0.1, 0.15) is 0 Å². The van der Waals surface area contributed by atoms with Crippen LogP contribution in [0.5, 0.6) is 0 Å². The number of nitrogens with zero attached hydrogens (tertiary/aromatic N) is 2. The number of carbonyl (C=O) groups is 1. The summed E-state index contributed by atoms with van der Waals surface area (Å²) in [5, 5.41) is 15.7. The molecule has 0 saturated carbocycles. The van der Waals surface area contributed by atoms with Gasteiger partial charge in [0.05, 0.1) is 0 Å². The number of hydrogen-bond donors (Lipinski definition) is 2. The summed E-state index contributed by atoms with van der Waals surface area (Å²) in [5.74, 6) is 0. The first kappa shape index (κ1) is 17.6. The van der Waals surface area contributed by atoms with Crippen LogP contribution in [0.1, 0.15) is 18.4 Å². The van der Waals surface area contributed by atoms with Crippen LogP contribution < -0.4 is 0 Å². The molecular formula is C16H26N2O3. The minimum atomic E-state index is -0.250. The van der Waals surface area contributed by atoms with Gasteiger partial charge in [-0.15, -0.1) is 0 Å². The fourth-order valence-electron chi connectivity index (χ4n) is 2.46. The molecule has 1 aromatic carbocycles. The van der Waals surface area contributed by atoms with Crippen LogP contribution in [0.4, 0.5) is 0 Å². The van der Waals surface area contributed by atoms with E-state index in [2.05, 4.69) is 40.1 Å². The quantitative estimate of drug-likeness (QED) is 0.611. The second-order valence-electron chi connectivity index (χ2n) is 5.14. The Morgan fingerprint density at radius 3 is 2.14 bits per heavy atom. The SMILES string of the molecule is O=CO.OCCCCN1CCN(Cc2ccccc2)CC1. The highest BCUT2D eigenvalue weighted by atomic mass is 16.3. The van der Waals surface area contributed by atoms with Crippen LogP contribution >= 0.6 is 0 Å². The number of aliphatic hydroxyl groups excluding tert-OH is 1. The zero-order valence-electron chi connectivity index (χ0n) is 12.5. The molecule has 0 unspecified atom stereocenters. The zero-order valence-corrected chi connectivity index (χ0v) is 12.5. The van der Waals surface area contributed by atoms with Crippen molar-refractivity contribution in [2.45, 2.75) is 19.4 Å². The molecule has 1 aromatic rings. The van der Waals surface area contributed by atoms with E-state index in [0.29, 0.717) is 6.61 Å². The molecule has 0 spiro atoms. The van der Waals surface area contributed by atoms with Gasteiger partial charge in [0.25, 0.3) is 6.47 Å². The van der Waals surface area contributed by atoms with Crippen molar-refractivity contribution in [2.24, 2.45) is 0 Å². The average molecular weight is 294 g/mol. The van der Waals surface area contributed by atoms with Crippen LogP contribution in [0, 0.1) is 0 Å². The van der Waals surface area contributed by atoms with Crippen molar-refractivity contribution >= 4 is 6.47 Å². The number of carboxylic acid groups (broad SMARTS) is 1. The van der Waals surface area contributed by atoms with Crippen LogP contribution in [-0.2, 0) is 11.3 Å². The lowest BCUT2D eigenvalue weighted by molar-refractivity contribution is -0.122. The van der Waals surface area contributed by atoms with Gasteiger partial charge in [-0.05, 0) is 24.9 Å². The molecule has 5 nitrogen and oxygen atoms in total. The molecule has 0 aliphatic carbocycles. The van der Waals surface area contributed by atoms with Gasteiger partial charge < -0.3 is 15.1 Å². The maximum Gasteiger partial charge on any atom is 0.290 e. The Morgan fingerprint density at radius 1 is 1.00 bits per heavy atom. The van der Waals surface area contributed by atoms with Gasteiger partial charge in [-0.25, -0.2) is 0 Å². The highest BCUT2D eigenvalue weighted by Gasteiger charge is 2.16. The summed E-state index contributed by atoms with van der Waals surface area (Å²) in [4.78, 5) is 13.4. The summed E-state index contributed by atoms with van der Waals surface area (Å²) in [6.45, 7) is 6.94. The molecule has 1 aliphatic rings. The van der Waals surface area contributed by atoms with Crippen molar-refractivity contribution in [1.29, 1.82) is 0 Å². The molecule has 2 rings (SSSR count). The summed E-state index contributed by atoms with van der Waals surface area (Å²) in [5.41, 5.74) is 1.41. The summed E-state index contributed by atoms with van der Waals surface area (Å²) in [6, 6.07) is 10.7. The topological polar surface area (TPSA) is 64.0 Å². The molecule has 0 bridgehead atoms. The van der Waals surface area contributed by atoms with Gasteiger partial charge >= 0.3 is 0 Å². The third kappa shape index (κ3) is 7.80. The number of rotatable bonds is 6. The van der Waals surface area contributed by atoms with E-state index >= 15 is 0 Å². The molecule has 5 heteroatoms. The molecule has 1 heterocycles. The largest absolute Gasteiger partial charge is 0.483 e. The molecule has 118 valence electrons. The lowest BCUT2D eigenvalue weighted by atomic mass is 10.2. The first-order chi connectivity index (χ1) is 10.3. The highest BCUT2D eigenvalue weighted by Crippen LogP contribution is 2.08. The molecule has 0 radical (unpaired) electrons. The smallest absolute Gasteiger partial charge is 0.290 e. The first-order valence-electron chi connectivity index (χ1n) is 7.47. The predicted molar refractivity (Wildman–Crippen MR) is 83.2 cm³/mol. The van der Waals surface area contributed by atoms with Crippen molar-refractivity contribution in [3.05, 3.63) is 35.9 Å². The van der Waals surface area contributed by atoms with Crippen molar-refractivity contribution in [2.75, 3.05) is 39.3 Å². The van der Waals surface area contributed by atoms with Crippen LogP contribution in [0.25, 0.3) is 0 Å². The van der Waals surface area contributed by atoms with Crippen LogP contribution in [0.15, 0.2) is 30.3 Å². The van der Waals surface area contributed by atoms with E-state index < -0.39 is 0 Å². The van der Waals surface area contributed by atoms with E-state index in [1.807, 2.05) is 0 Å². The molecule has 0 atom stereocenters. The zero-order chi connectivity index (χ0) is 15.3. The third-order valence-corrected chi connectivity index (χ3v) is 3.60. The van der Waals surface area contributed by atoms with E-state index in [1.165, 1.54) is 5.56 Å². The van der Waals surface area contributed by atoms with Crippen molar-refractivity contribution < 1.29 is 15.0 Å². The maximum absolute atomic E-state index is 8.78. The Kier molecular flexibility index (Phi) is 9.44. The Balaban J connectivity index is 0.000000677. The third-order valence-electron chi connectivity index (χ3n) is 3.60. The molecule has 2 N–H and O–H groups in total. The van der Waals surface area contributed by atoms with Gasteiger partial charge in [0.15, 0.2) is 0 Å². The van der Waals surface area contributed by atoms with Crippen molar-refractivity contribution in [1.82, 2.24) is 9.80 Å². The normalized spacial score (nSPS) is 16.0. The average Bonchev–Trinajstić information content (AvgIpc) is 2.51. The summed E-state index contributed by atoms with van der Waals surface area (Å²) in [6.07, 6.45) is 2.05. The monoisotopic (exact) mass is 294 g/mol. The lowest BCUT2D eigenvalue weighted by Crippen LogP contribution is -2.46. The van der Waals surface area contributed by atoms with Gasteiger partial charge in [0.2, 0.25) is 0 Å². The second kappa shape index (κ2) is 11.3. The Bertz CT molecular complexity index is 365. The van der Waals surface area contributed by atoms with Crippen LogP contribution in [0.2, 0.25) is 0 Å². The van der Waals surface area contributed by atoms with E-state index in [0.717, 1.165) is 52.1 Å². The molecule has 1 saturated heterocycles. The lowest BCUT2D eigenvalue weighted by Gasteiger charge is -2.34. The first-order valence-corrected chi connectivity index (χ1v) is 7.47. The number of unbranched alkanes of at least 4 members (excludes halogenated alkanes) is 1. The van der Waals surface area contributed by atoms with Gasteiger partial charge in [-0.1, -0.05) is 30.3 Å². The molecular weight excluding hydrogens is 268 g/mol. The standard InChI is InChI=1S/C15H24N2O.CH2O2/c18-13-5-4-8-16-9-11-17(12-10-16)14-15-6-2-1-3-7-15;2-1-3/h1-3,6-7,18H,4-5,8-14H2;1H,(H,2,3). The van der Waals surface area contributed by atoms with E-state index in [1.54, 1.807) is 0 Å². The molecule has 1 fully saturated rings. The minimum absolute atomic E-state index is 0.250. The minimum Gasteiger partial charge on any atom is -0.483 e. The van der Waals surface area contributed by atoms with Gasteiger partial charge in [0, 0.05) is 39.3 Å². The fourth-order valence-corrected chi connectivity index (χ4v) is 2.46. The summed E-state index contributed by atoms with van der Waals surface area (Å²) < 4.78 is 0. The highest BCUT2D eigenvalue weighted by molar-refractivity contribution is 5.32. The fraction of sp³-hybridized carbons (Fsp3) is 0.562. The number of hydrogen-bond acceptors (Lipinski definition) is 4. The number of aliphatic hydroxyl groups is 1. The van der Waals surface area contributed by atoms with E-state index in [9.17, 15) is 0 Å². The van der Waals surface area contributed by atoms with Crippen molar-refractivity contribution in [3.8, 4) is 0 Å². The maximum atomic E-state index is 8.78. The predicted octanol–water partition coefficient (Wildman–Crippen LogP) is 1.28. The van der Waals surface area contributed by atoms with Crippen LogP contribution in [0.3, 0.4) is 0 Å². The molecule has 1 aliphatic heterocycles. The van der Waals surface area contributed by atoms with Crippen LogP contribution in [-0.4, -0.2) is 65.8 Å². The number of piperazine rings is 1. The molecule has 0 aromatic heterocycles. The van der Waals surface area contributed by atoms with Gasteiger partial charge in [-0.2, -0.15) is 0 Å². The van der Waals surface area contributed by atoms with Crippen molar-refractivity contribution in [3.63, 3.8) is 0 Å².